The molecule has 1 aliphatic heterocycles. The number of hydrogen-bond donors (Lipinski definition) is 1. The maximum absolute atomic E-state index is 5.86. The zero-order valence-corrected chi connectivity index (χ0v) is 9.68. The second-order valence-electron chi connectivity index (χ2n) is 5.58. The van der Waals surface area contributed by atoms with Crippen molar-refractivity contribution in [2.24, 2.45) is 11.1 Å². The predicted octanol–water partition coefficient (Wildman–Crippen LogP) is 1.99. The Hall–Kier alpha value is -0.0800. The van der Waals surface area contributed by atoms with E-state index in [4.69, 9.17) is 5.73 Å². The zero-order valence-electron chi connectivity index (χ0n) is 9.68. The molecule has 2 fully saturated rings. The molecule has 0 amide bonds. The van der Waals surface area contributed by atoms with Crippen molar-refractivity contribution in [2.45, 2.75) is 51.5 Å². The van der Waals surface area contributed by atoms with Crippen LogP contribution in [-0.4, -0.2) is 30.1 Å². The van der Waals surface area contributed by atoms with E-state index in [1.54, 1.807) is 0 Å². The largest absolute Gasteiger partial charge is 0.329 e. The third-order valence-electron chi connectivity index (χ3n) is 4.70. The van der Waals surface area contributed by atoms with E-state index in [2.05, 4.69) is 18.7 Å². The van der Waals surface area contributed by atoms with Crippen LogP contribution in [-0.2, 0) is 0 Å². The van der Waals surface area contributed by atoms with Crippen LogP contribution in [0.2, 0.25) is 0 Å². The molecular formula is C12H24N2. The Kier molecular flexibility index (Phi) is 2.61. The molecule has 82 valence electrons. The van der Waals surface area contributed by atoms with Crippen LogP contribution in [0.4, 0.5) is 0 Å². The Labute approximate surface area is 87.8 Å². The van der Waals surface area contributed by atoms with Crippen molar-refractivity contribution in [1.29, 1.82) is 0 Å². The van der Waals surface area contributed by atoms with Crippen LogP contribution >= 0.6 is 0 Å². The van der Waals surface area contributed by atoms with Crippen LogP contribution in [0.1, 0.15) is 46.0 Å². The minimum atomic E-state index is 0.440. The fourth-order valence-electron chi connectivity index (χ4n) is 2.67. The molecule has 0 radical (unpaired) electrons. The van der Waals surface area contributed by atoms with Crippen LogP contribution in [0.25, 0.3) is 0 Å². The van der Waals surface area contributed by atoms with Crippen molar-refractivity contribution in [1.82, 2.24) is 4.90 Å². The fourth-order valence-corrected chi connectivity index (χ4v) is 2.67. The molecule has 0 spiro atoms. The van der Waals surface area contributed by atoms with Crippen LogP contribution in [0, 0.1) is 5.41 Å². The van der Waals surface area contributed by atoms with Crippen molar-refractivity contribution in [2.75, 3.05) is 19.6 Å². The molecule has 1 saturated heterocycles. The molecule has 0 unspecified atom stereocenters. The van der Waals surface area contributed by atoms with Gasteiger partial charge < -0.3 is 5.73 Å². The summed E-state index contributed by atoms with van der Waals surface area (Å²) >= 11 is 0. The van der Waals surface area contributed by atoms with Crippen molar-refractivity contribution in [3.63, 3.8) is 0 Å². The Morgan fingerprint density at radius 1 is 1.14 bits per heavy atom. The first-order valence-corrected chi connectivity index (χ1v) is 6.09. The van der Waals surface area contributed by atoms with E-state index in [0.717, 1.165) is 6.54 Å². The average Bonchev–Trinajstić information content (AvgIpc) is 3.00. The van der Waals surface area contributed by atoms with Crippen molar-refractivity contribution < 1.29 is 0 Å². The molecule has 2 aliphatic rings. The van der Waals surface area contributed by atoms with Gasteiger partial charge in [0.25, 0.3) is 0 Å². The Morgan fingerprint density at radius 2 is 1.71 bits per heavy atom. The standard InChI is InChI=1S/C12H24N2/c1-3-11(2)6-8-14(9-7-11)12(10-13)4-5-12/h3-10,13H2,1-2H3. The van der Waals surface area contributed by atoms with Crippen molar-refractivity contribution in [3.8, 4) is 0 Å². The van der Waals surface area contributed by atoms with Crippen LogP contribution < -0.4 is 5.73 Å². The number of nitrogens with two attached hydrogens (primary N) is 1. The molecule has 1 saturated carbocycles. The summed E-state index contributed by atoms with van der Waals surface area (Å²) < 4.78 is 0. The highest BCUT2D eigenvalue weighted by Crippen LogP contribution is 2.45. The van der Waals surface area contributed by atoms with Gasteiger partial charge in [-0.15, -0.1) is 0 Å². The zero-order chi connectivity index (χ0) is 10.2. The van der Waals surface area contributed by atoms with Gasteiger partial charge in [0.05, 0.1) is 0 Å². The topological polar surface area (TPSA) is 29.3 Å². The molecule has 2 N–H and O–H groups in total. The van der Waals surface area contributed by atoms with Gasteiger partial charge in [0, 0.05) is 12.1 Å². The summed E-state index contributed by atoms with van der Waals surface area (Å²) in [7, 11) is 0. The summed E-state index contributed by atoms with van der Waals surface area (Å²) in [6.45, 7) is 8.19. The summed E-state index contributed by atoms with van der Waals surface area (Å²) in [5.74, 6) is 0. The summed E-state index contributed by atoms with van der Waals surface area (Å²) in [6.07, 6.45) is 6.74. The van der Waals surface area contributed by atoms with Gasteiger partial charge in [0.1, 0.15) is 0 Å². The number of likely N-dealkylation sites (tertiary alicyclic amines) is 1. The van der Waals surface area contributed by atoms with E-state index >= 15 is 0 Å². The molecule has 0 aromatic carbocycles. The highest BCUT2D eigenvalue weighted by Gasteiger charge is 2.48. The second-order valence-corrected chi connectivity index (χ2v) is 5.58. The lowest BCUT2D eigenvalue weighted by Gasteiger charge is -2.42. The number of piperidine rings is 1. The Bertz CT molecular complexity index is 200. The summed E-state index contributed by atoms with van der Waals surface area (Å²) in [4.78, 5) is 2.66. The minimum Gasteiger partial charge on any atom is -0.329 e. The van der Waals surface area contributed by atoms with Crippen LogP contribution in [0.15, 0.2) is 0 Å². The normalized spacial score (nSPS) is 30.2. The van der Waals surface area contributed by atoms with Gasteiger partial charge in [-0.3, -0.25) is 4.90 Å². The van der Waals surface area contributed by atoms with E-state index in [9.17, 15) is 0 Å². The molecule has 0 aromatic rings. The Balaban J connectivity index is 1.90. The first-order chi connectivity index (χ1) is 6.64. The third kappa shape index (κ3) is 1.70. The second kappa shape index (κ2) is 3.49. The highest BCUT2D eigenvalue weighted by atomic mass is 15.2. The number of rotatable bonds is 3. The van der Waals surface area contributed by atoms with E-state index in [-0.39, 0.29) is 0 Å². The van der Waals surface area contributed by atoms with Crippen molar-refractivity contribution >= 4 is 0 Å². The fraction of sp³-hybridized carbons (Fsp3) is 1.00. The lowest BCUT2D eigenvalue weighted by atomic mass is 9.78. The minimum absolute atomic E-state index is 0.440. The van der Waals surface area contributed by atoms with E-state index in [1.807, 2.05) is 0 Å². The monoisotopic (exact) mass is 196 g/mol. The predicted molar refractivity (Wildman–Crippen MR) is 60.2 cm³/mol. The lowest BCUT2D eigenvalue weighted by Crippen LogP contribution is -2.49. The first kappa shape index (κ1) is 10.4. The van der Waals surface area contributed by atoms with E-state index in [0.29, 0.717) is 11.0 Å². The highest BCUT2D eigenvalue weighted by molar-refractivity contribution is 5.06. The lowest BCUT2D eigenvalue weighted by molar-refractivity contribution is 0.0731. The van der Waals surface area contributed by atoms with Gasteiger partial charge in [0.2, 0.25) is 0 Å². The number of nitrogens with zero attached hydrogens (tertiary/aromatic N) is 1. The molecule has 14 heavy (non-hydrogen) atoms. The molecule has 0 aromatic heterocycles. The van der Waals surface area contributed by atoms with Crippen molar-refractivity contribution in [3.05, 3.63) is 0 Å². The molecule has 0 atom stereocenters. The SMILES string of the molecule is CCC1(C)CCN(C2(CN)CC2)CC1. The molecule has 2 rings (SSSR count). The van der Waals surface area contributed by atoms with E-state index in [1.165, 1.54) is 45.2 Å². The quantitative estimate of drug-likeness (QED) is 0.748. The first-order valence-electron chi connectivity index (χ1n) is 6.09. The van der Waals surface area contributed by atoms with Crippen LogP contribution in [0.3, 0.4) is 0 Å². The Morgan fingerprint density at radius 3 is 2.07 bits per heavy atom. The summed E-state index contributed by atoms with van der Waals surface area (Å²) in [5.41, 5.74) is 6.91. The molecule has 2 heteroatoms. The van der Waals surface area contributed by atoms with Gasteiger partial charge >= 0.3 is 0 Å². The molecule has 2 nitrogen and oxygen atoms in total. The van der Waals surface area contributed by atoms with E-state index < -0.39 is 0 Å². The van der Waals surface area contributed by atoms with Gasteiger partial charge in [-0.1, -0.05) is 20.3 Å². The molecule has 0 bridgehead atoms. The third-order valence-corrected chi connectivity index (χ3v) is 4.70. The molecule has 1 aliphatic carbocycles. The maximum Gasteiger partial charge on any atom is 0.0333 e. The molecular weight excluding hydrogens is 172 g/mol. The van der Waals surface area contributed by atoms with Gasteiger partial charge in [-0.05, 0) is 44.2 Å². The molecule has 1 heterocycles. The summed E-state index contributed by atoms with van der Waals surface area (Å²) in [6, 6.07) is 0. The van der Waals surface area contributed by atoms with Gasteiger partial charge in [-0.25, -0.2) is 0 Å². The maximum atomic E-state index is 5.86. The smallest absolute Gasteiger partial charge is 0.0333 e. The van der Waals surface area contributed by atoms with Crippen LogP contribution in [0.5, 0.6) is 0 Å². The average molecular weight is 196 g/mol. The number of hydrogen-bond acceptors (Lipinski definition) is 2. The summed E-state index contributed by atoms with van der Waals surface area (Å²) in [5, 5.41) is 0. The van der Waals surface area contributed by atoms with Gasteiger partial charge in [-0.2, -0.15) is 0 Å². The van der Waals surface area contributed by atoms with Gasteiger partial charge in [0.15, 0.2) is 0 Å².